The van der Waals surface area contributed by atoms with Gasteiger partial charge in [0.2, 0.25) is 5.82 Å². The smallest absolute Gasteiger partial charge is 0.303 e. The highest BCUT2D eigenvalue weighted by atomic mass is 19.3. The van der Waals surface area contributed by atoms with Crippen LogP contribution in [-0.4, -0.2) is 44.0 Å². The molecule has 3 heterocycles. The predicted molar refractivity (Wildman–Crippen MR) is 72.9 cm³/mol. The zero-order valence-corrected chi connectivity index (χ0v) is 11.7. The van der Waals surface area contributed by atoms with Gasteiger partial charge in [-0.25, -0.2) is 8.78 Å². The third-order valence-corrected chi connectivity index (χ3v) is 3.77. The van der Waals surface area contributed by atoms with E-state index < -0.39 is 18.2 Å². The minimum atomic E-state index is -2.75. The van der Waals surface area contributed by atoms with Gasteiger partial charge in [-0.3, -0.25) is 4.79 Å². The maximum atomic E-state index is 12.9. The Kier molecular flexibility index (Phi) is 3.86. The molecule has 9 heteroatoms. The molecule has 7 nitrogen and oxygen atoms in total. The Morgan fingerprint density at radius 2 is 2.23 bits per heavy atom. The maximum Gasteiger partial charge on any atom is 0.303 e. The first-order valence-corrected chi connectivity index (χ1v) is 7.02. The molecule has 0 bridgehead atoms. The van der Waals surface area contributed by atoms with Crippen LogP contribution in [-0.2, 0) is 4.79 Å². The summed E-state index contributed by atoms with van der Waals surface area (Å²) in [7, 11) is 0. The number of carboxylic acid groups (broad SMARTS) is 1. The first-order chi connectivity index (χ1) is 10.5. The lowest BCUT2D eigenvalue weighted by Crippen LogP contribution is -2.37. The van der Waals surface area contributed by atoms with Crippen LogP contribution in [0.3, 0.4) is 0 Å². The molecule has 118 valence electrons. The summed E-state index contributed by atoms with van der Waals surface area (Å²) >= 11 is 0. The van der Waals surface area contributed by atoms with E-state index in [1.54, 1.807) is 12.1 Å². The predicted octanol–water partition coefficient (Wildman–Crippen LogP) is 1.75. The monoisotopic (exact) mass is 311 g/mol. The molecule has 1 atom stereocenters. The molecule has 1 aliphatic rings. The van der Waals surface area contributed by atoms with Crippen molar-refractivity contribution < 1.29 is 18.7 Å². The summed E-state index contributed by atoms with van der Waals surface area (Å²) in [5.74, 6) is -0.742. The van der Waals surface area contributed by atoms with Crippen LogP contribution >= 0.6 is 0 Å². The quantitative estimate of drug-likeness (QED) is 0.926. The fourth-order valence-electron chi connectivity index (χ4n) is 2.79. The number of halogens is 2. The number of fused-ring (bicyclic) bond motifs is 1. The zero-order valence-electron chi connectivity index (χ0n) is 11.7. The highest BCUT2D eigenvalue weighted by Crippen LogP contribution is 2.25. The van der Waals surface area contributed by atoms with Gasteiger partial charge in [-0.2, -0.15) is 4.52 Å². The van der Waals surface area contributed by atoms with E-state index in [9.17, 15) is 13.6 Å². The summed E-state index contributed by atoms with van der Waals surface area (Å²) < 4.78 is 26.8. The lowest BCUT2D eigenvalue weighted by molar-refractivity contribution is -0.138. The van der Waals surface area contributed by atoms with Gasteiger partial charge in [-0.05, 0) is 30.9 Å². The first-order valence-electron chi connectivity index (χ1n) is 7.02. The number of hydrogen-bond donors (Lipinski definition) is 1. The first kappa shape index (κ1) is 14.6. The van der Waals surface area contributed by atoms with Gasteiger partial charge < -0.3 is 10.0 Å². The molecule has 1 N–H and O–H groups in total. The Morgan fingerprint density at radius 3 is 2.95 bits per heavy atom. The third-order valence-electron chi connectivity index (χ3n) is 3.77. The molecule has 0 saturated carbocycles. The van der Waals surface area contributed by atoms with Crippen LogP contribution in [0.2, 0.25) is 0 Å². The van der Waals surface area contributed by atoms with Gasteiger partial charge >= 0.3 is 5.97 Å². The number of carbonyl (C=O) groups is 1. The van der Waals surface area contributed by atoms with Crippen molar-refractivity contribution in [2.75, 3.05) is 18.0 Å². The number of aliphatic carboxylic acids is 1. The molecular formula is C13H15F2N5O2. The Balaban J connectivity index is 1.86. The van der Waals surface area contributed by atoms with Crippen LogP contribution in [0, 0.1) is 5.92 Å². The molecule has 1 aliphatic heterocycles. The second kappa shape index (κ2) is 5.82. The Hall–Kier alpha value is -2.32. The van der Waals surface area contributed by atoms with Gasteiger partial charge in [0.1, 0.15) is 5.82 Å². The minimum Gasteiger partial charge on any atom is -0.481 e. The Labute approximate surface area is 124 Å². The van der Waals surface area contributed by atoms with Crippen molar-refractivity contribution in [1.82, 2.24) is 19.8 Å². The van der Waals surface area contributed by atoms with E-state index in [0.717, 1.165) is 23.9 Å². The number of rotatable bonds is 4. The highest BCUT2D eigenvalue weighted by molar-refractivity contribution is 5.67. The second-order valence-corrected chi connectivity index (χ2v) is 5.37. The van der Waals surface area contributed by atoms with E-state index in [1.165, 1.54) is 0 Å². The van der Waals surface area contributed by atoms with Crippen LogP contribution < -0.4 is 4.90 Å². The number of anilines is 1. The Bertz CT molecular complexity index is 690. The van der Waals surface area contributed by atoms with E-state index in [2.05, 4.69) is 15.3 Å². The SMILES string of the molecule is O=C(O)CC1CCCN(c2ccc3nnc(C(F)F)n3n2)C1. The molecule has 3 rings (SSSR count). The summed E-state index contributed by atoms with van der Waals surface area (Å²) in [5.41, 5.74) is 0.262. The average molecular weight is 311 g/mol. The molecule has 0 spiro atoms. The molecule has 1 fully saturated rings. The molecular weight excluding hydrogens is 296 g/mol. The van der Waals surface area contributed by atoms with Gasteiger partial charge in [0, 0.05) is 19.5 Å². The summed E-state index contributed by atoms with van der Waals surface area (Å²) in [6.07, 6.45) is -0.950. The van der Waals surface area contributed by atoms with Crippen molar-refractivity contribution in [3.8, 4) is 0 Å². The van der Waals surface area contributed by atoms with Gasteiger partial charge in [0.25, 0.3) is 6.43 Å². The van der Waals surface area contributed by atoms with Gasteiger partial charge in [0.15, 0.2) is 5.65 Å². The number of piperidine rings is 1. The fourth-order valence-corrected chi connectivity index (χ4v) is 2.79. The largest absolute Gasteiger partial charge is 0.481 e. The molecule has 0 aromatic carbocycles. The molecule has 1 saturated heterocycles. The summed E-state index contributed by atoms with van der Waals surface area (Å²) in [6.45, 7) is 1.28. The lowest BCUT2D eigenvalue weighted by Gasteiger charge is -2.32. The van der Waals surface area contributed by atoms with Crippen molar-refractivity contribution in [2.45, 2.75) is 25.7 Å². The van der Waals surface area contributed by atoms with Gasteiger partial charge in [-0.15, -0.1) is 15.3 Å². The molecule has 0 amide bonds. The third kappa shape index (κ3) is 2.83. The van der Waals surface area contributed by atoms with Crippen LogP contribution in [0.5, 0.6) is 0 Å². The molecule has 2 aromatic rings. The van der Waals surface area contributed by atoms with E-state index in [0.29, 0.717) is 12.4 Å². The zero-order chi connectivity index (χ0) is 15.7. The van der Waals surface area contributed by atoms with Crippen molar-refractivity contribution >= 4 is 17.4 Å². The molecule has 0 radical (unpaired) electrons. The van der Waals surface area contributed by atoms with Crippen LogP contribution in [0.1, 0.15) is 31.5 Å². The Morgan fingerprint density at radius 1 is 1.41 bits per heavy atom. The van der Waals surface area contributed by atoms with Crippen LogP contribution in [0.4, 0.5) is 14.6 Å². The summed E-state index contributed by atoms with van der Waals surface area (Å²) in [5, 5.41) is 20.2. The topological polar surface area (TPSA) is 83.6 Å². The summed E-state index contributed by atoms with van der Waals surface area (Å²) in [4.78, 5) is 12.8. The van der Waals surface area contributed by atoms with Crippen molar-refractivity contribution in [2.24, 2.45) is 5.92 Å². The van der Waals surface area contributed by atoms with Gasteiger partial charge in [-0.1, -0.05) is 0 Å². The standard InChI is InChI=1S/C13H15F2N5O2/c14-12(15)13-17-16-9-3-4-10(18-20(9)13)19-5-1-2-8(7-19)6-11(21)22/h3-4,8,12H,1-2,5-7H2,(H,21,22). The minimum absolute atomic E-state index is 0.0410. The number of hydrogen-bond acceptors (Lipinski definition) is 5. The maximum absolute atomic E-state index is 12.9. The number of carboxylic acids is 1. The van der Waals surface area contributed by atoms with E-state index >= 15 is 0 Å². The highest BCUT2D eigenvalue weighted by Gasteiger charge is 2.24. The average Bonchev–Trinajstić information content (AvgIpc) is 2.90. The number of alkyl halides is 2. The number of nitrogens with zero attached hydrogens (tertiary/aromatic N) is 5. The van der Waals surface area contributed by atoms with E-state index in [-0.39, 0.29) is 18.0 Å². The van der Waals surface area contributed by atoms with Crippen molar-refractivity contribution in [3.63, 3.8) is 0 Å². The molecule has 0 aliphatic carbocycles. The number of aromatic nitrogens is 4. The molecule has 2 aromatic heterocycles. The van der Waals surface area contributed by atoms with Crippen molar-refractivity contribution in [1.29, 1.82) is 0 Å². The van der Waals surface area contributed by atoms with Crippen molar-refractivity contribution in [3.05, 3.63) is 18.0 Å². The second-order valence-electron chi connectivity index (χ2n) is 5.37. The fraction of sp³-hybridized carbons (Fsp3) is 0.538. The van der Waals surface area contributed by atoms with E-state index in [4.69, 9.17) is 5.11 Å². The van der Waals surface area contributed by atoms with Crippen LogP contribution in [0.25, 0.3) is 5.65 Å². The van der Waals surface area contributed by atoms with Gasteiger partial charge in [0.05, 0.1) is 0 Å². The normalized spacial score (nSPS) is 19.0. The summed E-state index contributed by atoms with van der Waals surface area (Å²) in [6, 6.07) is 3.28. The molecule has 22 heavy (non-hydrogen) atoms. The lowest BCUT2D eigenvalue weighted by atomic mass is 9.95. The molecule has 1 unspecified atom stereocenters. The van der Waals surface area contributed by atoms with E-state index in [1.807, 2.05) is 4.90 Å². The van der Waals surface area contributed by atoms with Crippen LogP contribution in [0.15, 0.2) is 12.1 Å².